The van der Waals surface area contributed by atoms with Gasteiger partial charge in [-0.2, -0.15) is 0 Å². The molecule has 7 nitrogen and oxygen atoms in total. The van der Waals surface area contributed by atoms with Crippen LogP contribution < -0.4 is 10.6 Å². The van der Waals surface area contributed by atoms with Crippen molar-refractivity contribution in [2.75, 3.05) is 32.7 Å². The van der Waals surface area contributed by atoms with Gasteiger partial charge in [0, 0.05) is 50.6 Å². The summed E-state index contributed by atoms with van der Waals surface area (Å²) in [5, 5.41) is 10.6. The standard InChI is InChI=1S/C18H31N5O2/c1-5-19-18(20-9-7-11-23-10-6-8-16(23)24)21-12-13(2)17-14(3)22-25-15(17)4/h13H,5-12H2,1-4H3,(H2,19,20,21). The SMILES string of the molecule is CCNC(=NCC(C)c1c(C)noc1C)NCCCN1CCCC1=O. The number of hydrogen-bond acceptors (Lipinski definition) is 4. The van der Waals surface area contributed by atoms with Gasteiger partial charge in [-0.05, 0) is 33.6 Å². The number of hydrogen-bond donors (Lipinski definition) is 2. The molecule has 0 aliphatic carbocycles. The normalized spacial score (nSPS) is 16.4. The molecular weight excluding hydrogens is 318 g/mol. The fourth-order valence-corrected chi connectivity index (χ4v) is 3.27. The summed E-state index contributed by atoms with van der Waals surface area (Å²) in [4.78, 5) is 18.2. The second-order valence-corrected chi connectivity index (χ2v) is 6.62. The van der Waals surface area contributed by atoms with Crippen molar-refractivity contribution < 1.29 is 9.32 Å². The van der Waals surface area contributed by atoms with E-state index < -0.39 is 0 Å². The van der Waals surface area contributed by atoms with Gasteiger partial charge in [-0.25, -0.2) is 0 Å². The van der Waals surface area contributed by atoms with Crippen molar-refractivity contribution in [2.45, 2.75) is 52.9 Å². The Kier molecular flexibility index (Phi) is 7.28. The van der Waals surface area contributed by atoms with Gasteiger partial charge in [0.2, 0.25) is 5.91 Å². The molecule has 2 heterocycles. The summed E-state index contributed by atoms with van der Waals surface area (Å²) in [6.07, 6.45) is 2.63. The molecule has 0 aromatic carbocycles. The molecule has 7 heteroatoms. The van der Waals surface area contributed by atoms with Gasteiger partial charge in [0.1, 0.15) is 5.76 Å². The molecule has 2 rings (SSSR count). The molecule has 140 valence electrons. The molecule has 1 aliphatic rings. The fourth-order valence-electron chi connectivity index (χ4n) is 3.27. The Labute approximate surface area is 150 Å². The number of aryl methyl sites for hydroxylation is 2. The van der Waals surface area contributed by atoms with E-state index in [0.29, 0.717) is 13.0 Å². The minimum atomic E-state index is 0.254. The zero-order valence-corrected chi connectivity index (χ0v) is 15.9. The van der Waals surface area contributed by atoms with Crippen LogP contribution in [0.5, 0.6) is 0 Å². The van der Waals surface area contributed by atoms with Crippen LogP contribution in [0, 0.1) is 13.8 Å². The highest BCUT2D eigenvalue weighted by Crippen LogP contribution is 2.23. The highest BCUT2D eigenvalue weighted by Gasteiger charge is 2.19. The number of carbonyl (C=O) groups excluding carboxylic acids is 1. The predicted octanol–water partition coefficient (Wildman–Crippen LogP) is 1.96. The average Bonchev–Trinajstić information content (AvgIpc) is 3.14. The predicted molar refractivity (Wildman–Crippen MR) is 98.8 cm³/mol. The molecule has 0 radical (unpaired) electrons. The Bertz CT molecular complexity index is 577. The summed E-state index contributed by atoms with van der Waals surface area (Å²) in [5.74, 6) is 2.22. The average molecular weight is 349 g/mol. The minimum Gasteiger partial charge on any atom is -0.361 e. The van der Waals surface area contributed by atoms with Gasteiger partial charge in [0.05, 0.1) is 5.69 Å². The molecule has 25 heavy (non-hydrogen) atoms. The van der Waals surface area contributed by atoms with Crippen LogP contribution in [0.25, 0.3) is 0 Å². The zero-order chi connectivity index (χ0) is 18.2. The van der Waals surface area contributed by atoms with Crippen molar-refractivity contribution in [3.63, 3.8) is 0 Å². The molecule has 0 spiro atoms. The van der Waals surface area contributed by atoms with Gasteiger partial charge in [-0.3, -0.25) is 9.79 Å². The van der Waals surface area contributed by atoms with Crippen molar-refractivity contribution in [1.29, 1.82) is 0 Å². The Hall–Kier alpha value is -2.05. The van der Waals surface area contributed by atoms with E-state index in [2.05, 4.69) is 34.6 Å². The lowest BCUT2D eigenvalue weighted by molar-refractivity contribution is -0.127. The van der Waals surface area contributed by atoms with Crippen LogP contribution in [-0.2, 0) is 4.79 Å². The third-order valence-electron chi connectivity index (χ3n) is 4.52. The van der Waals surface area contributed by atoms with E-state index >= 15 is 0 Å². The van der Waals surface area contributed by atoms with Crippen molar-refractivity contribution in [3.8, 4) is 0 Å². The van der Waals surface area contributed by atoms with Crippen LogP contribution in [-0.4, -0.2) is 54.6 Å². The molecular formula is C18H31N5O2. The molecule has 0 saturated carbocycles. The fraction of sp³-hybridized carbons (Fsp3) is 0.722. The van der Waals surface area contributed by atoms with Crippen molar-refractivity contribution in [3.05, 3.63) is 17.0 Å². The molecule has 1 aromatic heterocycles. The third-order valence-corrected chi connectivity index (χ3v) is 4.52. The summed E-state index contributed by atoms with van der Waals surface area (Å²) >= 11 is 0. The highest BCUT2D eigenvalue weighted by molar-refractivity contribution is 5.80. The summed E-state index contributed by atoms with van der Waals surface area (Å²) in [7, 11) is 0. The zero-order valence-electron chi connectivity index (χ0n) is 15.9. The van der Waals surface area contributed by atoms with Gasteiger partial charge in [-0.15, -0.1) is 0 Å². The summed E-state index contributed by atoms with van der Waals surface area (Å²) < 4.78 is 5.25. The second kappa shape index (κ2) is 9.44. The maximum absolute atomic E-state index is 11.6. The topological polar surface area (TPSA) is 82.8 Å². The number of nitrogens with zero attached hydrogens (tertiary/aromatic N) is 3. The number of guanidine groups is 1. The molecule has 1 saturated heterocycles. The summed E-state index contributed by atoms with van der Waals surface area (Å²) in [6.45, 7) is 12.1. The van der Waals surface area contributed by atoms with E-state index in [0.717, 1.165) is 62.0 Å². The molecule has 1 aliphatic heterocycles. The molecule has 2 N–H and O–H groups in total. The number of nitrogens with one attached hydrogen (secondary N) is 2. The third kappa shape index (κ3) is 5.47. The first-order chi connectivity index (χ1) is 12.0. The molecule has 1 unspecified atom stereocenters. The number of aromatic nitrogens is 1. The first kappa shape index (κ1) is 19.3. The number of likely N-dealkylation sites (tertiary alicyclic amines) is 1. The molecule has 1 aromatic rings. The Morgan fingerprint density at radius 3 is 2.80 bits per heavy atom. The van der Waals surface area contributed by atoms with Crippen LogP contribution in [0.1, 0.15) is 56.0 Å². The van der Waals surface area contributed by atoms with Gasteiger partial charge in [0.25, 0.3) is 0 Å². The first-order valence-electron chi connectivity index (χ1n) is 9.25. The van der Waals surface area contributed by atoms with Gasteiger partial charge in [-0.1, -0.05) is 12.1 Å². The largest absolute Gasteiger partial charge is 0.361 e. The lowest BCUT2D eigenvalue weighted by atomic mass is 10.00. The maximum Gasteiger partial charge on any atom is 0.222 e. The van der Waals surface area contributed by atoms with Crippen LogP contribution >= 0.6 is 0 Å². The second-order valence-electron chi connectivity index (χ2n) is 6.62. The lowest BCUT2D eigenvalue weighted by Crippen LogP contribution is -2.39. The summed E-state index contributed by atoms with van der Waals surface area (Å²) in [5.41, 5.74) is 2.08. The van der Waals surface area contributed by atoms with Crippen LogP contribution in [0.15, 0.2) is 9.52 Å². The van der Waals surface area contributed by atoms with Crippen molar-refractivity contribution in [1.82, 2.24) is 20.7 Å². The van der Waals surface area contributed by atoms with Crippen molar-refractivity contribution in [2.24, 2.45) is 4.99 Å². The quantitative estimate of drug-likeness (QED) is 0.426. The lowest BCUT2D eigenvalue weighted by Gasteiger charge is -2.17. The monoisotopic (exact) mass is 349 g/mol. The molecule has 1 fully saturated rings. The minimum absolute atomic E-state index is 0.254. The van der Waals surface area contributed by atoms with Gasteiger partial charge >= 0.3 is 0 Å². The van der Waals surface area contributed by atoms with Crippen molar-refractivity contribution >= 4 is 11.9 Å². The van der Waals surface area contributed by atoms with E-state index in [1.165, 1.54) is 0 Å². The Morgan fingerprint density at radius 2 is 2.20 bits per heavy atom. The number of amides is 1. The smallest absolute Gasteiger partial charge is 0.222 e. The van der Waals surface area contributed by atoms with Gasteiger partial charge in [0.15, 0.2) is 5.96 Å². The molecule has 1 amide bonds. The Balaban J connectivity index is 1.80. The van der Waals surface area contributed by atoms with E-state index in [-0.39, 0.29) is 11.8 Å². The van der Waals surface area contributed by atoms with E-state index in [4.69, 9.17) is 4.52 Å². The number of aliphatic imine (C=N–C) groups is 1. The van der Waals surface area contributed by atoms with Gasteiger partial charge < -0.3 is 20.1 Å². The van der Waals surface area contributed by atoms with Crippen LogP contribution in [0.4, 0.5) is 0 Å². The number of carbonyl (C=O) groups is 1. The molecule has 1 atom stereocenters. The van der Waals surface area contributed by atoms with Crippen LogP contribution in [0.2, 0.25) is 0 Å². The molecule has 0 bridgehead atoms. The van der Waals surface area contributed by atoms with E-state index in [9.17, 15) is 4.79 Å². The number of rotatable bonds is 8. The van der Waals surface area contributed by atoms with E-state index in [1.807, 2.05) is 18.7 Å². The highest BCUT2D eigenvalue weighted by atomic mass is 16.5. The maximum atomic E-state index is 11.6. The van der Waals surface area contributed by atoms with Crippen LogP contribution in [0.3, 0.4) is 0 Å². The Morgan fingerprint density at radius 1 is 1.40 bits per heavy atom. The first-order valence-corrected chi connectivity index (χ1v) is 9.25. The van der Waals surface area contributed by atoms with E-state index in [1.54, 1.807) is 0 Å². The summed E-state index contributed by atoms with van der Waals surface area (Å²) in [6, 6.07) is 0.